The quantitative estimate of drug-likeness (QED) is 0.884. The van der Waals surface area contributed by atoms with Crippen LogP contribution in [0.15, 0.2) is 40.2 Å². The van der Waals surface area contributed by atoms with Crippen LogP contribution in [-0.4, -0.2) is 11.7 Å². The van der Waals surface area contributed by atoms with Gasteiger partial charge in [0.05, 0.1) is 10.4 Å². The van der Waals surface area contributed by atoms with Crippen LogP contribution in [0.1, 0.15) is 28.8 Å². The number of fused-ring (bicyclic) bond motifs is 1. The van der Waals surface area contributed by atoms with Crippen molar-refractivity contribution in [3.05, 3.63) is 56.2 Å². The zero-order valence-corrected chi connectivity index (χ0v) is 13.1. The van der Waals surface area contributed by atoms with Crippen LogP contribution in [-0.2, 0) is 18.3 Å². The Hall–Kier alpha value is -0.640. The summed E-state index contributed by atoms with van der Waals surface area (Å²) in [5, 5.41) is 10.0. The fourth-order valence-electron chi connectivity index (χ4n) is 3.19. The van der Waals surface area contributed by atoms with Crippen LogP contribution >= 0.6 is 27.3 Å². The van der Waals surface area contributed by atoms with Crippen molar-refractivity contribution >= 4 is 27.3 Å². The van der Waals surface area contributed by atoms with Gasteiger partial charge in [-0.25, -0.2) is 0 Å². The summed E-state index contributed by atoms with van der Waals surface area (Å²) in [4.78, 5) is 1.35. The van der Waals surface area contributed by atoms with Gasteiger partial charge in [0.1, 0.15) is 0 Å². The zero-order chi connectivity index (χ0) is 13.3. The number of aliphatic hydroxyl groups excluding tert-OH is 1. The average Bonchev–Trinajstić information content (AvgIpc) is 2.84. The Morgan fingerprint density at radius 3 is 2.79 bits per heavy atom. The molecule has 1 unspecified atom stereocenters. The van der Waals surface area contributed by atoms with Gasteiger partial charge in [-0.15, -0.1) is 11.3 Å². The Labute approximate surface area is 126 Å². The van der Waals surface area contributed by atoms with Gasteiger partial charge in [0.15, 0.2) is 0 Å². The van der Waals surface area contributed by atoms with Gasteiger partial charge in [0.2, 0.25) is 0 Å². The van der Waals surface area contributed by atoms with Gasteiger partial charge in [-0.2, -0.15) is 0 Å². The van der Waals surface area contributed by atoms with Crippen molar-refractivity contribution in [1.29, 1.82) is 0 Å². The average molecular weight is 337 g/mol. The van der Waals surface area contributed by atoms with E-state index in [-0.39, 0.29) is 12.0 Å². The molecule has 0 amide bonds. The molecule has 0 radical (unpaired) electrons. The molecule has 0 aliphatic heterocycles. The summed E-state index contributed by atoms with van der Waals surface area (Å²) in [6, 6.07) is 12.9. The molecule has 1 heterocycles. The SMILES string of the molecule is OCC1(Cc2ccc(Br)s2)CCCc2ccccc21. The highest BCUT2D eigenvalue weighted by Crippen LogP contribution is 2.41. The fourth-order valence-corrected chi connectivity index (χ4v) is 4.82. The Kier molecular flexibility index (Phi) is 3.79. The standard InChI is InChI=1S/C16H17BrOS/c17-15-8-7-13(19-15)10-16(11-18)9-3-5-12-4-1-2-6-14(12)16/h1-2,4,6-8,18H,3,5,9-11H2. The van der Waals surface area contributed by atoms with E-state index in [4.69, 9.17) is 0 Å². The summed E-state index contributed by atoms with van der Waals surface area (Å²) in [5.41, 5.74) is 2.69. The number of hydrogen-bond acceptors (Lipinski definition) is 2. The van der Waals surface area contributed by atoms with Gasteiger partial charge >= 0.3 is 0 Å². The van der Waals surface area contributed by atoms with Crippen molar-refractivity contribution in [3.63, 3.8) is 0 Å². The van der Waals surface area contributed by atoms with Crippen LogP contribution in [0.2, 0.25) is 0 Å². The Morgan fingerprint density at radius 1 is 1.21 bits per heavy atom. The van der Waals surface area contributed by atoms with Gasteiger partial charge in [0.25, 0.3) is 0 Å². The first-order valence-electron chi connectivity index (χ1n) is 6.67. The van der Waals surface area contributed by atoms with Crippen LogP contribution in [0, 0.1) is 0 Å². The second kappa shape index (κ2) is 5.39. The molecule has 1 aromatic carbocycles. The molecule has 0 fully saturated rings. The highest BCUT2D eigenvalue weighted by Gasteiger charge is 2.36. The van der Waals surface area contributed by atoms with Crippen LogP contribution in [0.5, 0.6) is 0 Å². The predicted octanol–water partition coefficient (Wildman–Crippen LogP) is 4.32. The minimum atomic E-state index is -0.0842. The summed E-state index contributed by atoms with van der Waals surface area (Å²) in [6.07, 6.45) is 4.34. The number of benzene rings is 1. The summed E-state index contributed by atoms with van der Waals surface area (Å²) < 4.78 is 1.17. The van der Waals surface area contributed by atoms with E-state index in [0.29, 0.717) is 0 Å². The first kappa shape index (κ1) is 13.3. The molecule has 1 atom stereocenters. The first-order chi connectivity index (χ1) is 9.23. The maximum absolute atomic E-state index is 10.0. The molecule has 19 heavy (non-hydrogen) atoms. The van der Waals surface area contributed by atoms with Gasteiger partial charge in [-0.05, 0) is 64.9 Å². The predicted molar refractivity (Wildman–Crippen MR) is 83.9 cm³/mol. The lowest BCUT2D eigenvalue weighted by atomic mass is 9.68. The Bertz CT molecular complexity index is 578. The van der Waals surface area contributed by atoms with Crippen molar-refractivity contribution < 1.29 is 5.11 Å². The molecule has 3 heteroatoms. The van der Waals surface area contributed by atoms with Crippen LogP contribution < -0.4 is 0 Å². The number of rotatable bonds is 3. The van der Waals surface area contributed by atoms with Gasteiger partial charge in [0, 0.05) is 10.3 Å². The minimum absolute atomic E-state index is 0.0842. The summed E-state index contributed by atoms with van der Waals surface area (Å²) in [6.45, 7) is 0.236. The molecule has 1 nitrogen and oxygen atoms in total. The molecule has 0 saturated carbocycles. The third-order valence-electron chi connectivity index (χ3n) is 4.13. The molecular formula is C16H17BrOS. The molecule has 100 valence electrons. The first-order valence-corrected chi connectivity index (χ1v) is 8.28. The Morgan fingerprint density at radius 2 is 2.05 bits per heavy atom. The molecule has 3 rings (SSSR count). The largest absolute Gasteiger partial charge is 0.395 e. The maximum atomic E-state index is 10.0. The fraction of sp³-hybridized carbons (Fsp3) is 0.375. The van der Waals surface area contributed by atoms with Crippen molar-refractivity contribution in [1.82, 2.24) is 0 Å². The number of aryl methyl sites for hydroxylation is 1. The molecule has 1 aliphatic carbocycles. The van der Waals surface area contributed by atoms with E-state index in [1.165, 1.54) is 26.2 Å². The van der Waals surface area contributed by atoms with E-state index in [1.807, 2.05) is 0 Å². The van der Waals surface area contributed by atoms with E-state index in [1.54, 1.807) is 11.3 Å². The van der Waals surface area contributed by atoms with Crippen molar-refractivity contribution in [3.8, 4) is 0 Å². The van der Waals surface area contributed by atoms with E-state index in [9.17, 15) is 5.11 Å². The van der Waals surface area contributed by atoms with Gasteiger partial charge in [-0.1, -0.05) is 24.3 Å². The number of hydrogen-bond donors (Lipinski definition) is 1. The monoisotopic (exact) mass is 336 g/mol. The lowest BCUT2D eigenvalue weighted by molar-refractivity contribution is 0.174. The van der Waals surface area contributed by atoms with Crippen molar-refractivity contribution in [2.75, 3.05) is 6.61 Å². The van der Waals surface area contributed by atoms with Gasteiger partial charge < -0.3 is 5.11 Å². The van der Waals surface area contributed by atoms with Crippen LogP contribution in [0.25, 0.3) is 0 Å². The number of aliphatic hydroxyl groups is 1. The number of halogens is 1. The molecule has 0 saturated heterocycles. The second-order valence-electron chi connectivity index (χ2n) is 5.33. The van der Waals surface area contributed by atoms with Crippen molar-refractivity contribution in [2.45, 2.75) is 31.1 Å². The lowest BCUT2D eigenvalue weighted by Gasteiger charge is -2.37. The molecule has 0 spiro atoms. The van der Waals surface area contributed by atoms with Gasteiger partial charge in [-0.3, -0.25) is 0 Å². The smallest absolute Gasteiger partial charge is 0.0701 e. The zero-order valence-electron chi connectivity index (χ0n) is 10.7. The molecule has 0 bridgehead atoms. The highest BCUT2D eigenvalue weighted by molar-refractivity contribution is 9.11. The van der Waals surface area contributed by atoms with E-state index >= 15 is 0 Å². The Balaban J connectivity index is 2.00. The molecule has 1 aliphatic rings. The van der Waals surface area contributed by atoms with E-state index < -0.39 is 0 Å². The third kappa shape index (κ3) is 2.51. The molecule has 2 aromatic rings. The van der Waals surface area contributed by atoms with Crippen molar-refractivity contribution in [2.24, 2.45) is 0 Å². The molecule has 1 aromatic heterocycles. The van der Waals surface area contributed by atoms with Crippen LogP contribution in [0.4, 0.5) is 0 Å². The summed E-state index contributed by atoms with van der Waals surface area (Å²) >= 11 is 5.30. The van der Waals surface area contributed by atoms with Crippen LogP contribution in [0.3, 0.4) is 0 Å². The van der Waals surface area contributed by atoms with E-state index in [0.717, 1.165) is 19.3 Å². The third-order valence-corrected chi connectivity index (χ3v) is 5.76. The molecular weight excluding hydrogens is 320 g/mol. The number of thiophene rings is 1. The minimum Gasteiger partial charge on any atom is -0.395 e. The lowest BCUT2D eigenvalue weighted by Crippen LogP contribution is -2.36. The maximum Gasteiger partial charge on any atom is 0.0701 e. The van der Waals surface area contributed by atoms with E-state index in [2.05, 4.69) is 52.3 Å². The second-order valence-corrected chi connectivity index (χ2v) is 7.88. The highest BCUT2D eigenvalue weighted by atomic mass is 79.9. The topological polar surface area (TPSA) is 20.2 Å². The summed E-state index contributed by atoms with van der Waals surface area (Å²) in [5.74, 6) is 0. The summed E-state index contributed by atoms with van der Waals surface area (Å²) in [7, 11) is 0. The normalized spacial score (nSPS) is 22.2. The molecule has 1 N–H and O–H groups in total.